The van der Waals surface area contributed by atoms with Crippen molar-refractivity contribution >= 4 is 21.4 Å². The molecule has 0 saturated heterocycles. The third-order valence-electron chi connectivity index (χ3n) is 2.62. The minimum atomic E-state index is -3.23. The first-order chi connectivity index (χ1) is 9.41. The molecule has 0 amide bonds. The number of sulfone groups is 1. The molecule has 1 aromatic carbocycles. The molecule has 2 rings (SSSR count). The summed E-state index contributed by atoms with van der Waals surface area (Å²) in [7, 11) is -3.23. The van der Waals surface area contributed by atoms with Gasteiger partial charge in [0.25, 0.3) is 0 Å². The van der Waals surface area contributed by atoms with E-state index in [4.69, 9.17) is 22.1 Å². The van der Waals surface area contributed by atoms with Crippen LogP contribution in [-0.2, 0) is 16.4 Å². The van der Waals surface area contributed by atoms with E-state index in [1.165, 1.54) is 12.1 Å². The first-order valence-electron chi connectivity index (χ1n) is 5.73. The molecule has 0 saturated carbocycles. The van der Waals surface area contributed by atoms with Gasteiger partial charge < -0.3 is 10.5 Å². The number of benzene rings is 1. The quantitative estimate of drug-likeness (QED) is 0.937. The fourth-order valence-corrected chi connectivity index (χ4v) is 2.42. The molecule has 0 unspecified atom stereocenters. The number of nitrogens with two attached hydrogens (primary N) is 1. The Morgan fingerprint density at radius 2 is 1.90 bits per heavy atom. The van der Waals surface area contributed by atoms with Crippen molar-refractivity contribution in [3.63, 3.8) is 0 Å². The van der Waals surface area contributed by atoms with Crippen molar-refractivity contribution in [1.82, 2.24) is 4.98 Å². The van der Waals surface area contributed by atoms with Crippen molar-refractivity contribution in [3.8, 4) is 11.6 Å². The van der Waals surface area contributed by atoms with Crippen LogP contribution in [0, 0.1) is 0 Å². The largest absolute Gasteiger partial charge is 0.438 e. The summed E-state index contributed by atoms with van der Waals surface area (Å²) in [6, 6.07) is 7.73. The maximum Gasteiger partial charge on any atom is 0.238 e. The lowest BCUT2D eigenvalue weighted by atomic mass is 10.2. The maximum atomic E-state index is 11.4. The van der Waals surface area contributed by atoms with E-state index in [0.29, 0.717) is 10.8 Å². The predicted octanol–water partition coefficient (Wildman–Crippen LogP) is 2.39. The van der Waals surface area contributed by atoms with Crippen LogP contribution in [-0.4, -0.2) is 19.7 Å². The number of pyridine rings is 1. The lowest BCUT2D eigenvalue weighted by Crippen LogP contribution is -2.00. The molecule has 20 heavy (non-hydrogen) atoms. The third kappa shape index (κ3) is 3.27. The minimum Gasteiger partial charge on any atom is -0.438 e. The average Bonchev–Trinajstić information content (AvgIpc) is 2.41. The Balaban J connectivity index is 2.27. The van der Waals surface area contributed by atoms with Crippen LogP contribution >= 0.6 is 11.6 Å². The van der Waals surface area contributed by atoms with Gasteiger partial charge in [0.05, 0.1) is 4.90 Å². The molecule has 0 bridgehead atoms. The molecule has 2 N–H and O–H groups in total. The van der Waals surface area contributed by atoms with Crippen molar-refractivity contribution in [2.75, 3.05) is 6.26 Å². The van der Waals surface area contributed by atoms with Gasteiger partial charge >= 0.3 is 0 Å². The summed E-state index contributed by atoms with van der Waals surface area (Å²) in [6.45, 7) is 0.282. The first kappa shape index (κ1) is 14.8. The highest BCUT2D eigenvalue weighted by molar-refractivity contribution is 7.90. The zero-order chi connectivity index (χ0) is 14.8. The Bertz CT molecular complexity index is 715. The molecular formula is C13H13ClN2O3S. The van der Waals surface area contributed by atoms with Gasteiger partial charge in [-0.3, -0.25) is 0 Å². The smallest absolute Gasteiger partial charge is 0.238 e. The Labute approximate surface area is 122 Å². The normalized spacial score (nSPS) is 11.3. The molecule has 2 aromatic rings. The summed E-state index contributed by atoms with van der Waals surface area (Å²) in [5.74, 6) is 0.683. The summed E-state index contributed by atoms with van der Waals surface area (Å²) in [5.41, 5.74) is 6.27. The van der Waals surface area contributed by atoms with Gasteiger partial charge in [0.15, 0.2) is 9.84 Å². The van der Waals surface area contributed by atoms with Crippen LogP contribution in [0.3, 0.4) is 0 Å². The molecule has 106 valence electrons. The Morgan fingerprint density at radius 1 is 1.25 bits per heavy atom. The zero-order valence-electron chi connectivity index (χ0n) is 10.7. The van der Waals surface area contributed by atoms with Gasteiger partial charge in [-0.1, -0.05) is 11.6 Å². The van der Waals surface area contributed by atoms with Gasteiger partial charge in [-0.25, -0.2) is 13.4 Å². The Kier molecular flexibility index (Phi) is 4.27. The van der Waals surface area contributed by atoms with E-state index in [0.717, 1.165) is 11.8 Å². The molecule has 0 atom stereocenters. The number of nitrogens with zero attached hydrogens (tertiary/aromatic N) is 1. The number of rotatable bonds is 4. The number of ether oxygens (including phenoxy) is 1. The summed E-state index contributed by atoms with van der Waals surface area (Å²) in [5, 5.41) is 0.349. The molecular weight excluding hydrogens is 300 g/mol. The molecule has 0 spiro atoms. The van der Waals surface area contributed by atoms with Gasteiger partial charge in [-0.2, -0.15) is 0 Å². The van der Waals surface area contributed by atoms with Gasteiger partial charge in [0.1, 0.15) is 10.8 Å². The van der Waals surface area contributed by atoms with Gasteiger partial charge in [-0.15, -0.1) is 0 Å². The summed E-state index contributed by atoms with van der Waals surface area (Å²) < 4.78 is 28.2. The molecule has 5 nitrogen and oxygen atoms in total. The van der Waals surface area contributed by atoms with Gasteiger partial charge in [0, 0.05) is 19.0 Å². The second-order valence-corrected chi connectivity index (χ2v) is 6.53. The van der Waals surface area contributed by atoms with E-state index in [1.54, 1.807) is 24.4 Å². The lowest BCUT2D eigenvalue weighted by molar-refractivity contribution is 0.462. The second-order valence-electron chi connectivity index (χ2n) is 4.14. The van der Waals surface area contributed by atoms with Gasteiger partial charge in [-0.05, 0) is 35.9 Å². The fourth-order valence-electron chi connectivity index (χ4n) is 1.56. The lowest BCUT2D eigenvalue weighted by Gasteiger charge is -2.09. The molecule has 0 fully saturated rings. The Hall–Kier alpha value is -1.63. The number of aromatic nitrogens is 1. The van der Waals surface area contributed by atoms with Crippen LogP contribution in [0.5, 0.6) is 11.6 Å². The molecule has 0 aliphatic rings. The van der Waals surface area contributed by atoms with Crippen LogP contribution in [0.1, 0.15) is 5.56 Å². The standard InChI is InChI=1S/C13H13ClN2O3S/c1-20(17,18)11-4-2-10(3-5-11)19-13-12(14)9(8-15)6-7-16-13/h2-7H,8,15H2,1H3. The second kappa shape index (κ2) is 5.78. The van der Waals surface area contributed by atoms with Gasteiger partial charge in [0.2, 0.25) is 5.88 Å². The summed E-state index contributed by atoms with van der Waals surface area (Å²) >= 11 is 6.10. The van der Waals surface area contributed by atoms with Crippen LogP contribution < -0.4 is 10.5 Å². The van der Waals surface area contributed by atoms with Crippen molar-refractivity contribution in [3.05, 3.63) is 47.1 Å². The van der Waals surface area contributed by atoms with E-state index in [-0.39, 0.29) is 17.3 Å². The van der Waals surface area contributed by atoms with E-state index < -0.39 is 9.84 Å². The topological polar surface area (TPSA) is 82.3 Å². The average molecular weight is 313 g/mol. The third-order valence-corrected chi connectivity index (χ3v) is 4.16. The van der Waals surface area contributed by atoms with Crippen LogP contribution in [0.4, 0.5) is 0 Å². The highest BCUT2D eigenvalue weighted by atomic mass is 35.5. The van der Waals surface area contributed by atoms with Crippen molar-refractivity contribution in [2.24, 2.45) is 5.73 Å². The van der Waals surface area contributed by atoms with Crippen LogP contribution in [0.2, 0.25) is 5.02 Å². The van der Waals surface area contributed by atoms with E-state index in [2.05, 4.69) is 4.98 Å². The Morgan fingerprint density at radius 3 is 2.45 bits per heavy atom. The number of halogens is 1. The predicted molar refractivity (Wildman–Crippen MR) is 76.8 cm³/mol. The van der Waals surface area contributed by atoms with Crippen molar-refractivity contribution < 1.29 is 13.2 Å². The highest BCUT2D eigenvalue weighted by Crippen LogP contribution is 2.30. The SMILES string of the molecule is CS(=O)(=O)c1ccc(Oc2nccc(CN)c2Cl)cc1. The maximum absolute atomic E-state index is 11.4. The van der Waals surface area contributed by atoms with Crippen LogP contribution in [0.15, 0.2) is 41.4 Å². The number of hydrogen-bond acceptors (Lipinski definition) is 5. The fraction of sp³-hybridized carbons (Fsp3) is 0.154. The van der Waals surface area contributed by atoms with Crippen LogP contribution in [0.25, 0.3) is 0 Å². The van der Waals surface area contributed by atoms with E-state index >= 15 is 0 Å². The molecule has 0 aliphatic carbocycles. The molecule has 0 radical (unpaired) electrons. The highest BCUT2D eigenvalue weighted by Gasteiger charge is 2.10. The first-order valence-corrected chi connectivity index (χ1v) is 8.00. The number of hydrogen-bond donors (Lipinski definition) is 1. The molecule has 1 aromatic heterocycles. The zero-order valence-corrected chi connectivity index (χ0v) is 12.3. The minimum absolute atomic E-state index is 0.222. The van der Waals surface area contributed by atoms with E-state index in [1.807, 2.05) is 0 Å². The summed E-state index contributed by atoms with van der Waals surface area (Å²) in [6.07, 6.45) is 2.69. The molecule has 7 heteroatoms. The summed E-state index contributed by atoms with van der Waals surface area (Å²) in [4.78, 5) is 4.25. The molecule has 1 heterocycles. The van der Waals surface area contributed by atoms with E-state index in [9.17, 15) is 8.42 Å². The van der Waals surface area contributed by atoms with Crippen molar-refractivity contribution in [1.29, 1.82) is 0 Å². The monoisotopic (exact) mass is 312 g/mol. The molecule has 0 aliphatic heterocycles. The van der Waals surface area contributed by atoms with Crippen molar-refractivity contribution in [2.45, 2.75) is 11.4 Å².